The van der Waals surface area contributed by atoms with E-state index in [2.05, 4.69) is 243 Å². The lowest BCUT2D eigenvalue weighted by Gasteiger charge is -2.32. The van der Waals surface area contributed by atoms with E-state index in [9.17, 15) is 97.0 Å². The Hall–Kier alpha value is -11.9. The number of ether oxygens (including phenoxy) is 3. The van der Waals surface area contributed by atoms with Crippen molar-refractivity contribution in [3.8, 4) is 28.4 Å². The van der Waals surface area contributed by atoms with Gasteiger partial charge in [-0.05, 0) is 267 Å². The summed E-state index contributed by atoms with van der Waals surface area (Å²) in [6, 6.07) is 110. The lowest BCUT2D eigenvalue weighted by atomic mass is 9.90. The third-order valence-corrected chi connectivity index (χ3v) is 31.2. The SMILES string of the molecule is CCC(C)(C)C(=O)OC(C(F)(F)F)C(F)(F)S(=O)(=O)[O-].CCC(C)(C)C(=O)OC(C)c1ccc(-c2ccccc2)cc1.CCC(C)(C)C(=O)OC(C)c1ccc(C)cc1.CCC(C)c1ccc(O)cc1.CCC(C)c1ccc(O)cc1.CCC(C)c1ccc(OS(=O)(=O)C(F)(F)C(F)(F)C(F)(F)S(=O)(=O)[O-])cc1.c1ccc([S+](c2ccccc2)c2ccccc2)cc1.c1ccc([S+](c2ccccc2)c2ccccc2)cc1. The van der Waals surface area contributed by atoms with Crippen molar-refractivity contribution in [3.63, 3.8) is 0 Å². The van der Waals surface area contributed by atoms with Crippen LogP contribution in [0.1, 0.15) is 220 Å². The molecule has 0 aliphatic carbocycles. The molecule has 0 spiro atoms. The predicted molar refractivity (Wildman–Crippen MR) is 551 cm³/mol. The zero-order valence-corrected chi connectivity index (χ0v) is 88.8. The maximum Gasteiger partial charge on any atom is 0.450 e. The fourth-order valence-corrected chi connectivity index (χ4v) is 18.4. The van der Waals surface area contributed by atoms with Crippen molar-refractivity contribution < 1.29 is 126 Å². The molecule has 0 saturated heterocycles. The summed E-state index contributed by atoms with van der Waals surface area (Å²) < 4.78 is 246. The lowest BCUT2D eigenvalue weighted by molar-refractivity contribution is -0.262. The number of alkyl halides is 11. The number of esters is 3. The molecule has 0 bridgehead atoms. The van der Waals surface area contributed by atoms with Crippen LogP contribution in [0, 0.1) is 23.2 Å². The van der Waals surface area contributed by atoms with Gasteiger partial charge in [-0.1, -0.05) is 292 Å². The van der Waals surface area contributed by atoms with Crippen molar-refractivity contribution in [2.24, 2.45) is 16.2 Å². The van der Waals surface area contributed by atoms with E-state index in [0.29, 0.717) is 35.3 Å². The standard InChI is InChI=1S/C20H24O2.2C18H15S.C15H22O2.C13H14F6O6S2.2C10H14O.C9H13F5O5S/c1-5-20(3,4)19(21)22-15(2)16-11-13-18(14-12-16)17-9-7-6-8-10-17;2*1-4-10-16(11-5-1)19(17-12-6-2-7-13-17)18-14-8-3-9-15-18;1-6-15(4,5)14(16)17-12(3)13-9-7-11(2)8-10-13;1-3-8(2)9-4-6-10(7-5-9)25-27(23,24)13(18,19)11(14,15)12(16,17)26(20,21)22;2*1-3-8(2)9-4-6-10(11)7-5-9;1-4-7(2,3)6(15)19-5(8(10,11)12)9(13,14)20(16,17)18/h6-15H,5H2,1-4H3;2*1-15H;7-10,12H,6H2,1-5H3;4-8H,3H2,1-2H3,(H,20,21,22);2*4-8,11H,3H2,1-2H3;5H,4H2,1-3H3,(H,16,17,18)/q;2*+1;;;;;/p-2. The van der Waals surface area contributed by atoms with Crippen LogP contribution in [0.4, 0.5) is 48.3 Å². The molecule has 2 N–H and O–H groups in total. The minimum atomic E-state index is -7.33. The van der Waals surface area contributed by atoms with Gasteiger partial charge in [-0.25, -0.2) is 16.8 Å². The Kier molecular flexibility index (Phi) is 48.1. The Morgan fingerprint density at radius 3 is 0.808 bits per heavy atom. The first-order chi connectivity index (χ1) is 68.2. The fourth-order valence-electron chi connectivity index (χ4n) is 12.3. The molecule has 6 atom stereocenters. The minimum Gasteiger partial charge on any atom is -0.743 e. The molecule has 33 heteroatoms. The van der Waals surface area contributed by atoms with Crippen molar-refractivity contribution in [2.75, 3.05) is 0 Å². The Balaban J connectivity index is 0.000000297. The lowest BCUT2D eigenvalue weighted by Crippen LogP contribution is -2.61. The third kappa shape index (κ3) is 36.6. The van der Waals surface area contributed by atoms with E-state index in [1.165, 1.54) is 70.7 Å². The Morgan fingerprint density at radius 2 is 0.562 bits per heavy atom. The summed E-state index contributed by atoms with van der Waals surface area (Å²) in [5.41, 5.74) is 6.43. The van der Waals surface area contributed by atoms with E-state index in [4.69, 9.17) is 19.7 Å². The van der Waals surface area contributed by atoms with Gasteiger partial charge in [0, 0.05) is 0 Å². The average molecular weight is 2130 g/mol. The Labute approximate surface area is 858 Å². The molecule has 0 fully saturated rings. The van der Waals surface area contributed by atoms with Crippen LogP contribution in [0.15, 0.2) is 363 Å². The van der Waals surface area contributed by atoms with Crippen LogP contribution in [0.3, 0.4) is 0 Å². The van der Waals surface area contributed by atoms with Gasteiger partial charge in [0.1, 0.15) is 29.5 Å². The molecule has 0 amide bonds. The zero-order chi connectivity index (χ0) is 110. The number of carbonyl (C=O) groups excluding carboxylic acids is 3. The van der Waals surface area contributed by atoms with Gasteiger partial charge in [0.15, 0.2) is 49.6 Å². The van der Waals surface area contributed by atoms with E-state index in [1.54, 1.807) is 31.2 Å². The normalized spacial score (nSPS) is 13.2. The second-order valence-electron chi connectivity index (χ2n) is 35.8. The summed E-state index contributed by atoms with van der Waals surface area (Å²) in [7, 11) is -20.8. The number of phenols is 2. The summed E-state index contributed by atoms with van der Waals surface area (Å²) in [4.78, 5) is 43.6. The van der Waals surface area contributed by atoms with Gasteiger partial charge in [-0.15, -0.1) is 0 Å². The van der Waals surface area contributed by atoms with Crippen LogP contribution in [0.2, 0.25) is 0 Å². The van der Waals surface area contributed by atoms with Gasteiger partial charge >= 0.3 is 55.9 Å². The minimum absolute atomic E-state index is 0.0146. The number of halogens is 11. The molecule has 6 unspecified atom stereocenters. The smallest absolute Gasteiger partial charge is 0.450 e. The van der Waals surface area contributed by atoms with Crippen molar-refractivity contribution in [1.82, 2.24) is 0 Å². The van der Waals surface area contributed by atoms with Crippen molar-refractivity contribution in [1.29, 1.82) is 0 Å². The van der Waals surface area contributed by atoms with Gasteiger partial charge in [0.2, 0.25) is 0 Å². The summed E-state index contributed by atoms with van der Waals surface area (Å²) in [5.74, 6) is -8.13. The number of phenolic OH excluding ortho intramolecular Hbond substituents is 2. The number of benzene rings is 12. The Bertz CT molecular complexity index is 5920. The molecule has 17 nitrogen and oxygen atoms in total. The van der Waals surface area contributed by atoms with Crippen molar-refractivity contribution in [3.05, 3.63) is 367 Å². The highest BCUT2D eigenvalue weighted by atomic mass is 32.2. The molecular weight excluding hydrogens is 2000 g/mol. The van der Waals surface area contributed by atoms with Gasteiger partial charge in [-0.3, -0.25) is 14.4 Å². The maximum atomic E-state index is 13.6. The number of rotatable bonds is 32. The van der Waals surface area contributed by atoms with Crippen LogP contribution in [0.25, 0.3) is 11.1 Å². The van der Waals surface area contributed by atoms with Gasteiger partial charge in [0.25, 0.3) is 6.10 Å². The predicted octanol–water partition coefficient (Wildman–Crippen LogP) is 30.1. The largest absolute Gasteiger partial charge is 0.743 e. The summed E-state index contributed by atoms with van der Waals surface area (Å²) in [5, 5.41) is -1.45. The van der Waals surface area contributed by atoms with Gasteiger partial charge < -0.3 is 37.7 Å². The van der Waals surface area contributed by atoms with E-state index in [0.717, 1.165) is 68.4 Å². The molecule has 0 saturated carbocycles. The van der Waals surface area contributed by atoms with E-state index >= 15 is 0 Å². The molecule has 12 aromatic rings. The number of hydrogen-bond donors (Lipinski definition) is 2. The summed E-state index contributed by atoms with van der Waals surface area (Å²) >= 11 is 0. The van der Waals surface area contributed by atoms with Gasteiger partial charge in [-0.2, -0.15) is 56.7 Å². The first-order valence-electron chi connectivity index (χ1n) is 46.9. The van der Waals surface area contributed by atoms with Crippen LogP contribution >= 0.6 is 0 Å². The second kappa shape index (κ2) is 56.3. The van der Waals surface area contributed by atoms with E-state index < -0.39 is 92.3 Å². The molecule has 146 heavy (non-hydrogen) atoms. The monoisotopic (exact) mass is 2130 g/mol. The number of carbonyl (C=O) groups is 3. The van der Waals surface area contributed by atoms with Crippen molar-refractivity contribution >= 4 is 70.1 Å². The third-order valence-electron chi connectivity index (χ3n) is 23.7. The van der Waals surface area contributed by atoms with E-state index in [-0.39, 0.29) is 58.3 Å². The summed E-state index contributed by atoms with van der Waals surface area (Å²) in [6.07, 6.45) is -6.24. The highest BCUT2D eigenvalue weighted by molar-refractivity contribution is 7.97. The number of hydrogen-bond acceptors (Lipinski definition) is 17. The quantitative estimate of drug-likeness (QED) is 0.00990. The molecule has 0 heterocycles. The molecule has 0 aliphatic rings. The molecule has 0 aliphatic heterocycles. The zero-order valence-electron chi connectivity index (χ0n) is 84.7. The average Bonchev–Trinajstić information content (AvgIpc) is 0.720. The highest BCUT2D eigenvalue weighted by Crippen LogP contribution is 2.52. The second-order valence-corrected chi connectivity index (χ2v) is 44.3. The molecule has 0 radical (unpaired) electrons. The molecule has 12 aromatic carbocycles. The molecule has 12 rings (SSSR count). The number of aromatic hydroxyl groups is 2. The van der Waals surface area contributed by atoms with Crippen LogP contribution < -0.4 is 4.18 Å². The van der Waals surface area contributed by atoms with Crippen LogP contribution in [-0.4, -0.2) is 96.4 Å². The maximum absolute atomic E-state index is 13.6. The number of aryl methyl sites for hydroxylation is 1. The van der Waals surface area contributed by atoms with Crippen molar-refractivity contribution in [2.45, 2.75) is 256 Å². The van der Waals surface area contributed by atoms with E-state index in [1.807, 2.05) is 148 Å². The molecular formula is C113H129F11O17S5. The summed E-state index contributed by atoms with van der Waals surface area (Å²) in [6.45, 7) is 33.4. The Morgan fingerprint density at radius 1 is 0.322 bits per heavy atom. The first-order valence-corrected chi connectivity index (χ1v) is 53.6. The topological polar surface area (TPSA) is 277 Å². The van der Waals surface area contributed by atoms with Gasteiger partial charge in [0.05, 0.1) is 38.0 Å². The fraction of sp³-hybridized carbons (Fsp3) is 0.336. The van der Waals surface area contributed by atoms with Crippen LogP contribution in [-0.2, 0) is 80.7 Å². The molecule has 0 aromatic heterocycles. The highest BCUT2D eigenvalue weighted by Gasteiger charge is 2.81. The molecule has 790 valence electrons. The van der Waals surface area contributed by atoms with Crippen LogP contribution in [0.5, 0.6) is 17.2 Å². The first kappa shape index (κ1) is 125.